The molecule has 9 nitrogen and oxygen atoms in total. The molecule has 1 N–H and O–H groups in total. The number of nitrogens with one attached hydrogen (secondary N) is 1. The summed E-state index contributed by atoms with van der Waals surface area (Å²) in [5.74, 6) is -0.513. The number of nitrogens with zero attached hydrogens (tertiary/aromatic N) is 7. The highest BCUT2D eigenvalue weighted by Crippen LogP contribution is 2.41. The van der Waals surface area contributed by atoms with Crippen LogP contribution in [0.5, 0.6) is 0 Å². The van der Waals surface area contributed by atoms with Gasteiger partial charge in [0.25, 0.3) is 5.91 Å². The molecule has 0 bridgehead atoms. The van der Waals surface area contributed by atoms with Crippen LogP contribution in [0.2, 0.25) is 0 Å². The molecule has 0 atom stereocenters. The molecule has 1 aliphatic carbocycles. The second-order valence-electron chi connectivity index (χ2n) is 7.00. The smallest absolute Gasteiger partial charge is 0.339 e. The van der Waals surface area contributed by atoms with Crippen molar-refractivity contribution in [3.63, 3.8) is 0 Å². The molecule has 0 aliphatic heterocycles. The number of carbonyl (C=O) groups is 1. The Kier molecular flexibility index (Phi) is 5.63. The molecule has 0 aromatic carbocycles. The molecule has 162 valence electrons. The minimum Gasteiger partial charge on any atom is -0.339 e. The lowest BCUT2D eigenvalue weighted by Crippen LogP contribution is -2.25. The minimum absolute atomic E-state index is 0.00606. The van der Waals surface area contributed by atoms with E-state index in [2.05, 4.69) is 30.4 Å². The molecule has 4 rings (SSSR count). The average molecular weight is 440 g/mol. The van der Waals surface area contributed by atoms with Gasteiger partial charge in [0, 0.05) is 41.3 Å². The fourth-order valence-electron chi connectivity index (χ4n) is 2.93. The van der Waals surface area contributed by atoms with Crippen molar-refractivity contribution in [1.29, 1.82) is 5.26 Å². The second-order valence-corrected chi connectivity index (χ2v) is 7.00. The van der Waals surface area contributed by atoms with E-state index in [9.17, 15) is 18.0 Å². The third-order valence-corrected chi connectivity index (χ3v) is 4.60. The average Bonchev–Trinajstić information content (AvgIpc) is 3.53. The molecule has 3 aromatic heterocycles. The summed E-state index contributed by atoms with van der Waals surface area (Å²) in [7, 11) is 0. The van der Waals surface area contributed by atoms with Crippen molar-refractivity contribution in [3.8, 4) is 17.5 Å². The van der Waals surface area contributed by atoms with Gasteiger partial charge in [-0.3, -0.25) is 4.79 Å². The predicted molar refractivity (Wildman–Crippen MR) is 105 cm³/mol. The van der Waals surface area contributed by atoms with E-state index >= 15 is 0 Å². The number of halogens is 3. The SMILES string of the molecule is N#CCNC(=O)/C(=C/n1cnc(-c2cc(C3CC3)nc(C(F)(F)F)c2)n1)c1cncnc1. The zero-order chi connectivity index (χ0) is 22.7. The summed E-state index contributed by atoms with van der Waals surface area (Å²) in [5.41, 5.74) is 0.00220. The van der Waals surface area contributed by atoms with Crippen LogP contribution in [-0.4, -0.2) is 42.2 Å². The summed E-state index contributed by atoms with van der Waals surface area (Å²) in [6, 6.07) is 4.27. The van der Waals surface area contributed by atoms with Crippen LogP contribution in [0.15, 0.2) is 37.2 Å². The molecule has 3 heterocycles. The summed E-state index contributed by atoms with van der Waals surface area (Å²) in [6.45, 7) is -0.215. The van der Waals surface area contributed by atoms with Crippen LogP contribution in [0.1, 0.15) is 35.7 Å². The molecule has 12 heteroatoms. The lowest BCUT2D eigenvalue weighted by atomic mass is 10.1. The highest BCUT2D eigenvalue weighted by molar-refractivity contribution is 6.22. The van der Waals surface area contributed by atoms with E-state index in [-0.39, 0.29) is 29.4 Å². The number of rotatable bonds is 6. The van der Waals surface area contributed by atoms with Gasteiger partial charge in [0.2, 0.25) is 0 Å². The van der Waals surface area contributed by atoms with Crippen LogP contribution in [0.4, 0.5) is 13.2 Å². The van der Waals surface area contributed by atoms with Crippen LogP contribution in [0, 0.1) is 11.3 Å². The Balaban J connectivity index is 1.71. The molecule has 3 aromatic rings. The van der Waals surface area contributed by atoms with Crippen molar-refractivity contribution in [3.05, 3.63) is 54.1 Å². The fourth-order valence-corrected chi connectivity index (χ4v) is 2.93. The molecular formula is C20H15F3N8O. The molecular weight excluding hydrogens is 425 g/mol. The van der Waals surface area contributed by atoms with E-state index in [0.29, 0.717) is 11.3 Å². The normalized spacial score (nSPS) is 14.1. The number of nitriles is 1. The van der Waals surface area contributed by atoms with Gasteiger partial charge < -0.3 is 5.32 Å². The molecule has 0 spiro atoms. The van der Waals surface area contributed by atoms with Gasteiger partial charge in [-0.15, -0.1) is 5.10 Å². The Labute approximate surface area is 179 Å². The maximum absolute atomic E-state index is 13.3. The van der Waals surface area contributed by atoms with E-state index in [4.69, 9.17) is 5.26 Å². The van der Waals surface area contributed by atoms with Crippen LogP contribution in [0.3, 0.4) is 0 Å². The number of hydrogen-bond donors (Lipinski definition) is 1. The Morgan fingerprint density at radius 2 is 2.03 bits per heavy atom. The second kappa shape index (κ2) is 8.54. The lowest BCUT2D eigenvalue weighted by molar-refractivity contribution is -0.141. The summed E-state index contributed by atoms with van der Waals surface area (Å²) in [5, 5.41) is 15.3. The first-order valence-electron chi connectivity index (χ1n) is 9.48. The van der Waals surface area contributed by atoms with Crippen molar-refractivity contribution >= 4 is 17.7 Å². The van der Waals surface area contributed by atoms with Gasteiger partial charge in [-0.05, 0) is 25.0 Å². The quantitative estimate of drug-likeness (QED) is 0.462. The van der Waals surface area contributed by atoms with E-state index in [0.717, 1.165) is 18.9 Å². The molecule has 0 radical (unpaired) electrons. The van der Waals surface area contributed by atoms with E-state index in [1.54, 1.807) is 6.07 Å². The third-order valence-electron chi connectivity index (χ3n) is 4.60. The Morgan fingerprint density at radius 1 is 1.28 bits per heavy atom. The van der Waals surface area contributed by atoms with E-state index in [1.807, 2.05) is 6.07 Å². The largest absolute Gasteiger partial charge is 0.433 e. The van der Waals surface area contributed by atoms with Gasteiger partial charge in [-0.2, -0.15) is 18.4 Å². The van der Waals surface area contributed by atoms with Gasteiger partial charge in [0.15, 0.2) is 5.82 Å². The maximum atomic E-state index is 13.3. The van der Waals surface area contributed by atoms with Crippen molar-refractivity contribution in [2.24, 2.45) is 0 Å². The van der Waals surface area contributed by atoms with Gasteiger partial charge in [-0.25, -0.2) is 24.6 Å². The topological polar surface area (TPSA) is 122 Å². The Hall–Kier alpha value is -4.14. The van der Waals surface area contributed by atoms with Gasteiger partial charge in [0.05, 0.1) is 11.6 Å². The molecule has 0 unspecified atom stereocenters. The van der Waals surface area contributed by atoms with E-state index in [1.165, 1.54) is 35.9 Å². The summed E-state index contributed by atoms with van der Waals surface area (Å²) >= 11 is 0. The van der Waals surface area contributed by atoms with Gasteiger partial charge >= 0.3 is 6.18 Å². The first-order valence-corrected chi connectivity index (χ1v) is 9.48. The molecule has 1 fully saturated rings. The summed E-state index contributed by atoms with van der Waals surface area (Å²) in [4.78, 5) is 28.1. The predicted octanol–water partition coefficient (Wildman–Crippen LogP) is 2.66. The maximum Gasteiger partial charge on any atom is 0.433 e. The molecule has 1 aliphatic rings. The number of alkyl halides is 3. The summed E-state index contributed by atoms with van der Waals surface area (Å²) < 4.78 is 41.1. The van der Waals surface area contributed by atoms with Crippen LogP contribution >= 0.6 is 0 Å². The molecule has 1 amide bonds. The van der Waals surface area contributed by atoms with Crippen LogP contribution in [0.25, 0.3) is 23.2 Å². The molecule has 0 saturated heterocycles. The lowest BCUT2D eigenvalue weighted by Gasteiger charge is -2.09. The highest BCUT2D eigenvalue weighted by atomic mass is 19.4. The zero-order valence-corrected chi connectivity index (χ0v) is 16.4. The first kappa shape index (κ1) is 21.1. The third kappa shape index (κ3) is 4.77. The zero-order valence-electron chi connectivity index (χ0n) is 16.4. The van der Waals surface area contributed by atoms with Crippen molar-refractivity contribution in [2.75, 3.05) is 6.54 Å². The molecule has 32 heavy (non-hydrogen) atoms. The summed E-state index contributed by atoms with van der Waals surface area (Å²) in [6.07, 6.45) is 3.68. The van der Waals surface area contributed by atoms with Crippen LogP contribution in [-0.2, 0) is 11.0 Å². The number of aromatic nitrogens is 6. The van der Waals surface area contributed by atoms with E-state index < -0.39 is 17.8 Å². The van der Waals surface area contributed by atoms with Crippen LogP contribution < -0.4 is 5.32 Å². The Bertz CT molecular complexity index is 1210. The number of carbonyl (C=O) groups excluding carboxylic acids is 1. The number of hydrogen-bond acceptors (Lipinski definition) is 7. The number of amides is 1. The first-order chi connectivity index (χ1) is 15.3. The van der Waals surface area contributed by atoms with Gasteiger partial charge in [-0.1, -0.05) is 0 Å². The van der Waals surface area contributed by atoms with Crippen molar-refractivity contribution in [1.82, 2.24) is 35.0 Å². The standard InChI is InChI=1S/C20H15F3N8O/c21-20(22,23)17-6-13(5-16(29-17)12-1-2-12)18-28-11-31(30-18)9-15(19(32)27-4-3-24)14-7-25-10-26-8-14/h5-12H,1-2,4H2,(H,27,32)/b15-9+. The van der Waals surface area contributed by atoms with Crippen molar-refractivity contribution in [2.45, 2.75) is 24.9 Å². The van der Waals surface area contributed by atoms with Crippen molar-refractivity contribution < 1.29 is 18.0 Å². The highest BCUT2D eigenvalue weighted by Gasteiger charge is 2.35. The molecule has 1 saturated carbocycles. The Morgan fingerprint density at radius 3 is 2.69 bits per heavy atom. The van der Waals surface area contributed by atoms with Gasteiger partial charge in [0.1, 0.15) is 24.9 Å². The number of pyridine rings is 1. The fraction of sp³-hybridized carbons (Fsp3) is 0.250. The minimum atomic E-state index is -4.60. The monoisotopic (exact) mass is 440 g/mol.